The van der Waals surface area contributed by atoms with E-state index in [1.165, 1.54) is 102 Å². The summed E-state index contributed by atoms with van der Waals surface area (Å²) in [5, 5.41) is 31.2. The van der Waals surface area contributed by atoms with E-state index in [-0.39, 0.29) is 28.3 Å². The van der Waals surface area contributed by atoms with Gasteiger partial charge in [0.15, 0.2) is 0 Å². The number of hydrogen-bond donors (Lipinski definition) is 4. The molecule has 8 heteroatoms. The number of amides is 2. The van der Waals surface area contributed by atoms with Gasteiger partial charge in [-0.05, 0) is 69.4 Å². The molecule has 2 amide bonds. The van der Waals surface area contributed by atoms with Gasteiger partial charge in [-0.1, -0.05) is 154 Å². The molecule has 5 aromatic rings. The molecule has 5 aromatic carbocycles. The van der Waals surface area contributed by atoms with Gasteiger partial charge in [-0.25, -0.2) is 9.59 Å². The molecule has 4 N–H and O–H groups in total. The van der Waals surface area contributed by atoms with E-state index in [1.807, 2.05) is 12.1 Å². The Bertz CT molecular complexity index is 1960. The van der Waals surface area contributed by atoms with E-state index in [4.69, 9.17) is 0 Å². The monoisotopic (exact) mass is 762 g/mol. The fourth-order valence-corrected chi connectivity index (χ4v) is 8.44. The molecule has 0 aliphatic rings. The second-order valence-corrected chi connectivity index (χ2v) is 15.6. The second kappa shape index (κ2) is 21.5. The lowest BCUT2D eigenvalue weighted by atomic mass is 9.84. The van der Waals surface area contributed by atoms with Crippen LogP contribution < -0.4 is 10.6 Å². The standard InChI is InChI=1S/C48H62N2O6/c1-3-5-7-9-11-13-15-17-19-21-31-49-45(51)37-27-23-33-35-25-29-39(47(53)54)44-40(48(55)56)30-26-36(42(35)44)34-24-28-38(43(37)41(33)34)46(52)50-32-22-20-18-16-14-12-10-8-6-4-2/h23-30H,3-22,31-32H2,1-2H3,(H,49,51)(H,50,52)(H,53,54)(H,55,56). The van der Waals surface area contributed by atoms with Crippen molar-refractivity contribution in [3.63, 3.8) is 0 Å². The second-order valence-electron chi connectivity index (χ2n) is 15.6. The predicted molar refractivity (Wildman–Crippen MR) is 230 cm³/mol. The molecule has 0 saturated heterocycles. The normalized spacial score (nSPS) is 11.6. The highest BCUT2D eigenvalue weighted by atomic mass is 16.4. The van der Waals surface area contributed by atoms with Crippen molar-refractivity contribution >= 4 is 66.8 Å². The SMILES string of the molecule is CCCCCCCCCCCCNC(=O)c1ccc2c3ccc(C(=O)O)c4c(C(=O)O)ccc(c5ccc(C(=O)NCCCCCCCCCCCC)c1c25)c43. The summed E-state index contributed by atoms with van der Waals surface area (Å²) in [6, 6.07) is 13.5. The Balaban J connectivity index is 1.40. The third-order valence-electron chi connectivity index (χ3n) is 11.5. The van der Waals surface area contributed by atoms with Crippen LogP contribution in [-0.4, -0.2) is 47.1 Å². The molecule has 0 bridgehead atoms. The van der Waals surface area contributed by atoms with Crippen LogP contribution in [0.5, 0.6) is 0 Å². The molecule has 0 atom stereocenters. The third kappa shape index (κ3) is 10.4. The Hall–Kier alpha value is -4.72. The van der Waals surface area contributed by atoms with Crippen LogP contribution in [0.15, 0.2) is 48.5 Å². The summed E-state index contributed by atoms with van der Waals surface area (Å²) in [5.74, 6) is -2.91. The fraction of sp³-hybridized carbons (Fsp3) is 0.500. The number of fused-ring (bicyclic) bond motifs is 2. The van der Waals surface area contributed by atoms with Crippen LogP contribution in [0.2, 0.25) is 0 Å². The summed E-state index contributed by atoms with van der Waals surface area (Å²) in [4.78, 5) is 52.7. The van der Waals surface area contributed by atoms with Gasteiger partial charge in [-0.15, -0.1) is 0 Å². The van der Waals surface area contributed by atoms with E-state index in [1.54, 1.807) is 24.3 Å². The van der Waals surface area contributed by atoms with Crippen molar-refractivity contribution < 1.29 is 29.4 Å². The van der Waals surface area contributed by atoms with Gasteiger partial charge in [0.1, 0.15) is 0 Å². The van der Waals surface area contributed by atoms with Crippen molar-refractivity contribution in [1.82, 2.24) is 10.6 Å². The first-order valence-corrected chi connectivity index (χ1v) is 21.5. The van der Waals surface area contributed by atoms with E-state index >= 15 is 0 Å². The minimum Gasteiger partial charge on any atom is -0.478 e. The molecule has 0 spiro atoms. The quantitative estimate of drug-likeness (QED) is 0.0252. The number of carbonyl (C=O) groups is 4. The van der Waals surface area contributed by atoms with Gasteiger partial charge in [-0.3, -0.25) is 9.59 Å². The average Bonchev–Trinajstić information content (AvgIpc) is 3.19. The van der Waals surface area contributed by atoms with Crippen molar-refractivity contribution in [3.05, 3.63) is 70.8 Å². The zero-order valence-corrected chi connectivity index (χ0v) is 33.7. The third-order valence-corrected chi connectivity index (χ3v) is 11.5. The smallest absolute Gasteiger partial charge is 0.336 e. The number of benzene rings is 5. The minimum atomic E-state index is -1.21. The summed E-state index contributed by atoms with van der Waals surface area (Å²) < 4.78 is 0. The highest BCUT2D eigenvalue weighted by Crippen LogP contribution is 2.44. The number of rotatable bonds is 26. The van der Waals surface area contributed by atoms with Crippen LogP contribution in [0.25, 0.3) is 43.1 Å². The molecule has 8 nitrogen and oxygen atoms in total. The first-order chi connectivity index (χ1) is 27.3. The highest BCUT2D eigenvalue weighted by molar-refractivity contribution is 6.38. The summed E-state index contributed by atoms with van der Waals surface area (Å²) in [5.41, 5.74) is 0.638. The van der Waals surface area contributed by atoms with Gasteiger partial charge >= 0.3 is 11.9 Å². The lowest BCUT2D eigenvalue weighted by Crippen LogP contribution is -2.27. The number of hydrogen-bond acceptors (Lipinski definition) is 4. The van der Waals surface area contributed by atoms with Gasteiger partial charge in [0.25, 0.3) is 11.8 Å². The molecule has 0 heterocycles. The summed E-state index contributed by atoms with van der Waals surface area (Å²) >= 11 is 0. The Labute approximate surface area is 332 Å². The molecule has 0 aromatic heterocycles. The molecule has 5 rings (SSSR count). The van der Waals surface area contributed by atoms with Gasteiger partial charge in [-0.2, -0.15) is 0 Å². The van der Waals surface area contributed by atoms with Crippen LogP contribution >= 0.6 is 0 Å². The van der Waals surface area contributed by atoms with Crippen LogP contribution in [0.3, 0.4) is 0 Å². The largest absolute Gasteiger partial charge is 0.478 e. The van der Waals surface area contributed by atoms with Crippen molar-refractivity contribution in [2.45, 2.75) is 142 Å². The Morgan fingerprint density at radius 3 is 0.946 bits per heavy atom. The molecule has 56 heavy (non-hydrogen) atoms. The summed E-state index contributed by atoms with van der Waals surface area (Å²) in [7, 11) is 0. The maximum absolute atomic E-state index is 14.0. The van der Waals surface area contributed by atoms with Crippen molar-refractivity contribution in [2.75, 3.05) is 13.1 Å². The minimum absolute atomic E-state index is 0.0892. The van der Waals surface area contributed by atoms with Gasteiger partial charge in [0.05, 0.1) is 11.1 Å². The van der Waals surface area contributed by atoms with E-state index in [9.17, 15) is 29.4 Å². The predicted octanol–water partition coefficient (Wildman–Crippen LogP) is 12.4. The van der Waals surface area contributed by atoms with E-state index in [2.05, 4.69) is 24.5 Å². The maximum atomic E-state index is 14.0. The van der Waals surface area contributed by atoms with Crippen molar-refractivity contribution in [3.8, 4) is 0 Å². The lowest BCUT2D eigenvalue weighted by Gasteiger charge is -2.20. The first-order valence-electron chi connectivity index (χ1n) is 21.5. The molecule has 0 saturated carbocycles. The maximum Gasteiger partial charge on any atom is 0.336 e. The van der Waals surface area contributed by atoms with Crippen LogP contribution in [-0.2, 0) is 0 Å². The molecular weight excluding hydrogens is 701 g/mol. The molecular formula is C48H62N2O6. The average molecular weight is 763 g/mol. The van der Waals surface area contributed by atoms with Gasteiger partial charge in [0, 0.05) is 35.0 Å². The topological polar surface area (TPSA) is 133 Å². The summed E-state index contributed by atoms with van der Waals surface area (Å²) in [6.07, 6.45) is 24.1. The number of carbonyl (C=O) groups excluding carboxylic acids is 2. The van der Waals surface area contributed by atoms with E-state index < -0.39 is 11.9 Å². The van der Waals surface area contributed by atoms with Crippen molar-refractivity contribution in [1.29, 1.82) is 0 Å². The van der Waals surface area contributed by atoms with Gasteiger partial charge in [0.2, 0.25) is 0 Å². The summed E-state index contributed by atoms with van der Waals surface area (Å²) in [6.45, 7) is 5.55. The molecule has 0 aliphatic carbocycles. The first kappa shape index (κ1) is 42.4. The Morgan fingerprint density at radius 1 is 0.375 bits per heavy atom. The number of carboxylic acids is 2. The Morgan fingerprint density at radius 2 is 0.643 bits per heavy atom. The molecule has 0 fully saturated rings. The zero-order valence-electron chi connectivity index (χ0n) is 33.7. The number of unbranched alkanes of at least 4 members (excludes halogenated alkanes) is 18. The lowest BCUT2D eigenvalue weighted by molar-refractivity contribution is 0.0695. The molecule has 0 aliphatic heterocycles. The van der Waals surface area contributed by atoms with E-state index in [0.29, 0.717) is 45.8 Å². The van der Waals surface area contributed by atoms with Crippen LogP contribution in [0, 0.1) is 0 Å². The zero-order chi connectivity index (χ0) is 39.9. The highest BCUT2D eigenvalue weighted by Gasteiger charge is 2.25. The van der Waals surface area contributed by atoms with Crippen molar-refractivity contribution in [2.24, 2.45) is 0 Å². The molecule has 0 unspecified atom stereocenters. The molecule has 0 radical (unpaired) electrons. The number of nitrogens with one attached hydrogen (secondary N) is 2. The van der Waals surface area contributed by atoms with Crippen LogP contribution in [0.4, 0.5) is 0 Å². The number of carboxylic acid groups (broad SMARTS) is 2. The van der Waals surface area contributed by atoms with E-state index in [0.717, 1.165) is 54.7 Å². The van der Waals surface area contributed by atoms with Gasteiger partial charge < -0.3 is 20.8 Å². The molecule has 300 valence electrons. The Kier molecular flexibility index (Phi) is 16.3. The van der Waals surface area contributed by atoms with Crippen LogP contribution in [0.1, 0.15) is 184 Å². The number of aromatic carboxylic acids is 2. The fourth-order valence-electron chi connectivity index (χ4n) is 8.44.